The van der Waals surface area contributed by atoms with E-state index in [0.29, 0.717) is 6.61 Å². The van der Waals surface area contributed by atoms with E-state index in [9.17, 15) is 0 Å². The molecule has 0 heterocycles. The van der Waals surface area contributed by atoms with E-state index < -0.39 is 8.32 Å². The summed E-state index contributed by atoms with van der Waals surface area (Å²) >= 11 is 0. The lowest BCUT2D eigenvalue weighted by molar-refractivity contribution is -0.0756. The predicted octanol–water partition coefficient (Wildman–Crippen LogP) is 4.52. The van der Waals surface area contributed by atoms with Crippen molar-refractivity contribution in [2.45, 2.75) is 44.8 Å². The highest BCUT2D eigenvalue weighted by molar-refractivity contribution is 6.99. The van der Waals surface area contributed by atoms with Crippen molar-refractivity contribution in [3.05, 3.63) is 73.3 Å². The van der Waals surface area contributed by atoms with Crippen LogP contribution < -0.4 is 10.4 Å². The Morgan fingerprint density at radius 3 is 1.93 bits per heavy atom. The second kappa shape index (κ2) is 10.7. The zero-order valence-electron chi connectivity index (χ0n) is 17.7. The fraction of sp³-hybridized carbons (Fsp3) is 0.417. The topological polar surface area (TPSA) is 27.7 Å². The molecule has 4 heteroatoms. The average Bonchev–Trinajstić information content (AvgIpc) is 2.69. The SMILES string of the molecule is C=CCC(CCO[Si](c1ccccc1)(c1ccccc1)C(C)(C)C)OCOC. The molecule has 0 radical (unpaired) electrons. The summed E-state index contributed by atoms with van der Waals surface area (Å²) in [5.74, 6) is 0. The Morgan fingerprint density at radius 2 is 1.50 bits per heavy atom. The fourth-order valence-corrected chi connectivity index (χ4v) is 8.30. The molecule has 2 aromatic rings. The minimum absolute atomic E-state index is 0.0168. The van der Waals surface area contributed by atoms with E-state index in [0.717, 1.165) is 12.8 Å². The highest BCUT2D eigenvalue weighted by Crippen LogP contribution is 2.36. The maximum Gasteiger partial charge on any atom is 0.261 e. The fourth-order valence-electron chi connectivity index (χ4n) is 3.72. The minimum Gasteiger partial charge on any atom is -0.407 e. The number of ether oxygens (including phenoxy) is 2. The van der Waals surface area contributed by atoms with Gasteiger partial charge in [-0.2, -0.15) is 0 Å². The molecule has 0 N–H and O–H groups in total. The van der Waals surface area contributed by atoms with E-state index in [2.05, 4.69) is 88.0 Å². The molecule has 0 aliphatic rings. The van der Waals surface area contributed by atoms with Crippen LogP contribution in [0.3, 0.4) is 0 Å². The van der Waals surface area contributed by atoms with Crippen molar-refractivity contribution >= 4 is 18.7 Å². The van der Waals surface area contributed by atoms with Crippen molar-refractivity contribution in [1.29, 1.82) is 0 Å². The lowest BCUT2D eigenvalue weighted by atomic mass is 10.2. The van der Waals surface area contributed by atoms with Gasteiger partial charge in [-0.15, -0.1) is 6.58 Å². The van der Waals surface area contributed by atoms with Crippen molar-refractivity contribution in [2.24, 2.45) is 0 Å². The molecular formula is C24H34O3Si. The molecule has 0 spiro atoms. The van der Waals surface area contributed by atoms with Gasteiger partial charge in [0.05, 0.1) is 6.10 Å². The maximum atomic E-state index is 6.91. The molecule has 3 nitrogen and oxygen atoms in total. The Hall–Kier alpha value is -1.72. The second-order valence-electron chi connectivity index (χ2n) is 8.02. The molecule has 0 aliphatic carbocycles. The van der Waals surface area contributed by atoms with Crippen LogP contribution in [0.15, 0.2) is 73.3 Å². The first-order valence-corrected chi connectivity index (χ1v) is 11.8. The van der Waals surface area contributed by atoms with Gasteiger partial charge in [0, 0.05) is 13.7 Å². The van der Waals surface area contributed by atoms with Crippen molar-refractivity contribution < 1.29 is 13.9 Å². The molecule has 1 unspecified atom stereocenters. The number of rotatable bonds is 11. The van der Waals surface area contributed by atoms with Crippen LogP contribution in [0.1, 0.15) is 33.6 Å². The minimum atomic E-state index is -2.48. The lowest BCUT2D eigenvalue weighted by Gasteiger charge is -2.43. The van der Waals surface area contributed by atoms with Gasteiger partial charge in [0.2, 0.25) is 0 Å². The highest BCUT2D eigenvalue weighted by atomic mass is 28.4. The molecule has 28 heavy (non-hydrogen) atoms. The number of hydrogen-bond acceptors (Lipinski definition) is 3. The Kier molecular flexibility index (Phi) is 8.64. The van der Waals surface area contributed by atoms with E-state index in [4.69, 9.17) is 13.9 Å². The van der Waals surface area contributed by atoms with Gasteiger partial charge in [-0.1, -0.05) is 87.5 Å². The van der Waals surface area contributed by atoms with Crippen LogP contribution in [-0.4, -0.2) is 34.9 Å². The van der Waals surface area contributed by atoms with Crippen LogP contribution in [0, 0.1) is 0 Å². The number of methoxy groups -OCH3 is 1. The third-order valence-electron chi connectivity index (χ3n) is 5.03. The van der Waals surface area contributed by atoms with E-state index >= 15 is 0 Å². The van der Waals surface area contributed by atoms with Gasteiger partial charge >= 0.3 is 0 Å². The van der Waals surface area contributed by atoms with Crippen molar-refractivity contribution in [3.8, 4) is 0 Å². The molecule has 0 amide bonds. The highest BCUT2D eigenvalue weighted by Gasteiger charge is 2.50. The van der Waals surface area contributed by atoms with Crippen LogP contribution >= 0.6 is 0 Å². The first-order chi connectivity index (χ1) is 13.5. The molecule has 2 rings (SSSR count). The maximum absolute atomic E-state index is 6.91. The van der Waals surface area contributed by atoms with Crippen LogP contribution in [0.2, 0.25) is 5.04 Å². The number of benzene rings is 2. The Labute approximate surface area is 171 Å². The molecule has 0 bridgehead atoms. The van der Waals surface area contributed by atoms with Gasteiger partial charge in [-0.25, -0.2) is 0 Å². The largest absolute Gasteiger partial charge is 0.407 e. The summed E-state index contributed by atoms with van der Waals surface area (Å²) in [6.45, 7) is 11.7. The van der Waals surface area contributed by atoms with Crippen molar-refractivity contribution in [3.63, 3.8) is 0 Å². The van der Waals surface area contributed by atoms with Crippen LogP contribution in [0.5, 0.6) is 0 Å². The average molecular weight is 399 g/mol. The summed E-state index contributed by atoms with van der Waals surface area (Å²) < 4.78 is 17.8. The van der Waals surface area contributed by atoms with E-state index in [-0.39, 0.29) is 17.9 Å². The molecule has 2 aromatic carbocycles. The van der Waals surface area contributed by atoms with Gasteiger partial charge in [0.15, 0.2) is 0 Å². The molecule has 0 fully saturated rings. The standard InChI is InChI=1S/C24H34O3Si/c1-6-13-21(26-20-25-5)18-19-27-28(24(2,3)4,22-14-9-7-10-15-22)23-16-11-8-12-17-23/h6-12,14-17,21H,1,13,18-20H2,2-5H3. The summed E-state index contributed by atoms with van der Waals surface area (Å²) in [5, 5.41) is 2.58. The van der Waals surface area contributed by atoms with Gasteiger partial charge in [-0.3, -0.25) is 0 Å². The van der Waals surface area contributed by atoms with Crippen LogP contribution in [0.25, 0.3) is 0 Å². The van der Waals surface area contributed by atoms with Gasteiger partial charge < -0.3 is 13.9 Å². The van der Waals surface area contributed by atoms with E-state index in [1.807, 2.05) is 6.08 Å². The van der Waals surface area contributed by atoms with Gasteiger partial charge in [0.25, 0.3) is 8.32 Å². The van der Waals surface area contributed by atoms with Crippen LogP contribution in [0.4, 0.5) is 0 Å². The number of hydrogen-bond donors (Lipinski definition) is 0. The second-order valence-corrected chi connectivity index (χ2v) is 12.3. The summed E-state index contributed by atoms with van der Waals surface area (Å²) in [4.78, 5) is 0. The molecule has 0 saturated carbocycles. The summed E-state index contributed by atoms with van der Waals surface area (Å²) in [6.07, 6.45) is 3.53. The van der Waals surface area contributed by atoms with Gasteiger partial charge in [0.1, 0.15) is 6.79 Å². The van der Waals surface area contributed by atoms with Crippen LogP contribution in [-0.2, 0) is 13.9 Å². The monoisotopic (exact) mass is 398 g/mol. The molecule has 152 valence electrons. The molecule has 1 atom stereocenters. The summed E-state index contributed by atoms with van der Waals surface area (Å²) in [5.41, 5.74) is 0. The molecule has 0 saturated heterocycles. The quantitative estimate of drug-likeness (QED) is 0.316. The first-order valence-electron chi connectivity index (χ1n) is 9.92. The molecule has 0 aliphatic heterocycles. The summed E-state index contributed by atoms with van der Waals surface area (Å²) in [7, 11) is -0.840. The Morgan fingerprint density at radius 1 is 0.964 bits per heavy atom. The van der Waals surface area contributed by atoms with Crippen molar-refractivity contribution in [2.75, 3.05) is 20.5 Å². The Balaban J connectivity index is 2.34. The van der Waals surface area contributed by atoms with Gasteiger partial charge in [-0.05, 0) is 28.3 Å². The predicted molar refractivity (Wildman–Crippen MR) is 120 cm³/mol. The zero-order chi connectivity index (χ0) is 20.5. The normalized spacial score (nSPS) is 13.3. The zero-order valence-corrected chi connectivity index (χ0v) is 18.7. The van der Waals surface area contributed by atoms with E-state index in [1.54, 1.807) is 7.11 Å². The molecule has 0 aromatic heterocycles. The molecular weight excluding hydrogens is 364 g/mol. The lowest BCUT2D eigenvalue weighted by Crippen LogP contribution is -2.66. The summed E-state index contributed by atoms with van der Waals surface area (Å²) in [6, 6.07) is 21.4. The van der Waals surface area contributed by atoms with Crippen molar-refractivity contribution in [1.82, 2.24) is 0 Å². The third kappa shape index (κ3) is 5.42. The van der Waals surface area contributed by atoms with E-state index in [1.165, 1.54) is 10.4 Å². The smallest absolute Gasteiger partial charge is 0.261 e. The Bertz CT molecular complexity index is 655. The first kappa shape index (κ1) is 22.6. The third-order valence-corrected chi connectivity index (χ3v) is 10.1.